The van der Waals surface area contributed by atoms with Gasteiger partial charge in [0.2, 0.25) is 0 Å². The number of halogens is 2. The van der Waals surface area contributed by atoms with Crippen molar-refractivity contribution < 1.29 is 18.9 Å². The van der Waals surface area contributed by atoms with Crippen molar-refractivity contribution in [3.05, 3.63) is 96.6 Å². The zero-order valence-electron chi connectivity index (χ0n) is 38.9. The van der Waals surface area contributed by atoms with E-state index in [0.29, 0.717) is 35.5 Å². The Morgan fingerprint density at radius 2 is 0.773 bits per heavy atom. The molecule has 5 aromatic carbocycles. The Balaban J connectivity index is 0.835. The van der Waals surface area contributed by atoms with Gasteiger partial charge in [0.1, 0.15) is 45.6 Å². The third-order valence-corrected chi connectivity index (χ3v) is 23.0. The molecule has 12 bridgehead atoms. The second-order valence-electron chi connectivity index (χ2n) is 24.8. The molecule has 12 fully saturated rings. The molecule has 0 amide bonds. The number of hydrogen-bond donors (Lipinski definition) is 0. The molecule has 0 atom stereocenters. The van der Waals surface area contributed by atoms with Crippen LogP contribution in [-0.4, -0.2) is 16.8 Å². The third kappa shape index (κ3) is 6.02. The molecule has 12 saturated carbocycles. The fourth-order valence-electron chi connectivity index (χ4n) is 18.6. The Hall–Kier alpha value is -2.72. The quantitative estimate of drug-likeness (QED) is 0.149. The molecule has 13 aliphatic rings. The van der Waals surface area contributed by atoms with Crippen LogP contribution in [0.5, 0.6) is 28.7 Å². The molecular weight excluding hydrogens is 1040 g/mol. The van der Waals surface area contributed by atoms with Gasteiger partial charge in [0.15, 0.2) is 0 Å². The number of benzene rings is 5. The average Bonchev–Trinajstić information content (AvgIpc) is 3.29. The van der Waals surface area contributed by atoms with Crippen LogP contribution in [-0.2, 0) is 0 Å². The van der Waals surface area contributed by atoms with Crippen molar-refractivity contribution in [2.45, 2.75) is 140 Å². The maximum absolute atomic E-state index is 7.43. The van der Waals surface area contributed by atoms with Gasteiger partial charge in [-0.15, -0.1) is 0 Å². The Morgan fingerprint density at radius 1 is 0.424 bits per heavy atom. The second kappa shape index (κ2) is 14.4. The van der Waals surface area contributed by atoms with Crippen molar-refractivity contribution in [1.82, 2.24) is 0 Å². The number of rotatable bonds is 7. The summed E-state index contributed by atoms with van der Waals surface area (Å²) in [5, 5.41) is 4.91. The highest BCUT2D eigenvalue weighted by atomic mass is 127. The third-order valence-electron chi connectivity index (χ3n) is 21.4. The summed E-state index contributed by atoms with van der Waals surface area (Å²) in [6, 6.07) is 27.9. The fraction of sp³-hybridized carbons (Fsp3) is 0.567. The van der Waals surface area contributed by atoms with Gasteiger partial charge in [-0.2, -0.15) is 0 Å². The van der Waals surface area contributed by atoms with Crippen LogP contribution in [0.4, 0.5) is 0 Å². The Bertz CT molecular complexity index is 2610. The summed E-state index contributed by atoms with van der Waals surface area (Å²) in [4.78, 5) is 0. The maximum atomic E-state index is 7.43. The SMILES string of the molecule is CC1(Oc2ccc3c4c(ccc3c2)Oc2ccc3cc(OC5(C)C6CC7CC(C6)CC5C7)ccc3c2C4c2cc(I)c(OC3(C)C4CC5CC(C4)CC3C5)c(I)c2)C2CC3CC(C2)CC1C3. The average molecular weight is 1100 g/mol. The molecule has 1 heterocycles. The molecule has 342 valence electrons. The predicted molar refractivity (Wildman–Crippen MR) is 279 cm³/mol. The number of fused-ring (bicyclic) bond motifs is 6. The summed E-state index contributed by atoms with van der Waals surface area (Å²) in [6.45, 7) is 7.36. The van der Waals surface area contributed by atoms with Crippen molar-refractivity contribution in [3.63, 3.8) is 0 Å². The molecule has 0 radical (unpaired) electrons. The van der Waals surface area contributed by atoms with Gasteiger partial charge in [-0.05, 0) is 309 Å². The minimum atomic E-state index is -0.0971. The molecule has 18 rings (SSSR count). The normalized spacial score (nSPS) is 41.6. The van der Waals surface area contributed by atoms with E-state index in [0.717, 1.165) is 64.3 Å². The minimum absolute atomic E-state index is 0.0496. The number of hydrogen-bond acceptors (Lipinski definition) is 4. The topological polar surface area (TPSA) is 36.9 Å². The molecule has 5 aromatic rings. The van der Waals surface area contributed by atoms with E-state index in [9.17, 15) is 0 Å². The van der Waals surface area contributed by atoms with Crippen molar-refractivity contribution in [2.75, 3.05) is 0 Å². The van der Waals surface area contributed by atoms with Gasteiger partial charge in [-0.25, -0.2) is 0 Å². The van der Waals surface area contributed by atoms with Gasteiger partial charge in [-0.1, -0.05) is 24.3 Å². The van der Waals surface area contributed by atoms with E-state index < -0.39 is 0 Å². The zero-order valence-corrected chi connectivity index (χ0v) is 43.2. The largest absolute Gasteiger partial charge is 0.487 e. The van der Waals surface area contributed by atoms with E-state index in [-0.39, 0.29) is 22.7 Å². The zero-order chi connectivity index (χ0) is 44.0. The van der Waals surface area contributed by atoms with Crippen LogP contribution in [0.25, 0.3) is 21.5 Å². The molecule has 0 aromatic heterocycles. The smallest absolute Gasteiger partial charge is 0.146 e. The van der Waals surface area contributed by atoms with Gasteiger partial charge in [0, 0.05) is 17.0 Å². The van der Waals surface area contributed by atoms with Crippen LogP contribution in [0.1, 0.15) is 140 Å². The summed E-state index contributed by atoms with van der Waals surface area (Å²) in [7, 11) is 0. The minimum Gasteiger partial charge on any atom is -0.487 e. The van der Waals surface area contributed by atoms with E-state index >= 15 is 0 Å². The van der Waals surface area contributed by atoms with Gasteiger partial charge >= 0.3 is 0 Å². The predicted octanol–water partition coefficient (Wildman–Crippen LogP) is 16.3. The summed E-state index contributed by atoms with van der Waals surface area (Å²) in [6.07, 6.45) is 20.5. The Morgan fingerprint density at radius 3 is 1.14 bits per heavy atom. The highest BCUT2D eigenvalue weighted by molar-refractivity contribution is 14.1. The van der Waals surface area contributed by atoms with E-state index in [1.807, 2.05) is 0 Å². The van der Waals surface area contributed by atoms with Crippen LogP contribution in [0.15, 0.2) is 72.8 Å². The monoisotopic (exact) mass is 1100 g/mol. The number of ether oxygens (including phenoxy) is 4. The molecule has 12 aliphatic carbocycles. The highest BCUT2D eigenvalue weighted by Crippen LogP contribution is 2.63. The van der Waals surface area contributed by atoms with Crippen LogP contribution >= 0.6 is 45.2 Å². The molecule has 0 spiro atoms. The molecule has 6 heteroatoms. The highest BCUT2D eigenvalue weighted by Gasteiger charge is 2.59. The van der Waals surface area contributed by atoms with Crippen molar-refractivity contribution in [2.24, 2.45) is 71.0 Å². The van der Waals surface area contributed by atoms with Crippen molar-refractivity contribution in [1.29, 1.82) is 0 Å². The second-order valence-corrected chi connectivity index (χ2v) is 27.2. The first-order valence-corrected chi connectivity index (χ1v) is 28.5. The summed E-state index contributed by atoms with van der Waals surface area (Å²) >= 11 is 5.20. The maximum Gasteiger partial charge on any atom is 0.146 e. The fourth-order valence-corrected chi connectivity index (χ4v) is 20.6. The Kier molecular flexibility index (Phi) is 8.99. The first-order valence-electron chi connectivity index (χ1n) is 26.3. The molecule has 0 N–H and O–H groups in total. The first kappa shape index (κ1) is 41.1. The van der Waals surface area contributed by atoms with Crippen LogP contribution in [0.2, 0.25) is 0 Å². The standard InChI is InChI=1S/C60H64I2O4/c1-58(40-15-31-12-32(17-40)18-41(58)16-31)64-46-6-8-48-37(27-46)4-10-52-55(48)54(39-29-50(61)57(51(62)30-39)66-60(3)44-23-35-14-36(25-44)26-45(60)24-35)56-49-9-7-47(28-38(49)5-11-53(56)63-52)65-59(2)42-19-33-13-34(21-42)22-43(59)20-33/h4-11,27-36,40-45,54H,12-26H2,1-3H3. The van der Waals surface area contributed by atoms with Gasteiger partial charge in [0.25, 0.3) is 0 Å². The van der Waals surface area contributed by atoms with Crippen molar-refractivity contribution in [3.8, 4) is 28.7 Å². The molecular formula is C60H64I2O4. The first-order chi connectivity index (χ1) is 31.9. The van der Waals surface area contributed by atoms with E-state index in [1.54, 1.807) is 0 Å². The van der Waals surface area contributed by atoms with Crippen LogP contribution in [0.3, 0.4) is 0 Å². The molecule has 1 aliphatic heterocycles. The molecule has 66 heavy (non-hydrogen) atoms. The van der Waals surface area contributed by atoms with Gasteiger partial charge in [-0.3, -0.25) is 0 Å². The molecule has 0 saturated heterocycles. The van der Waals surface area contributed by atoms with E-state index in [4.69, 9.17) is 18.9 Å². The van der Waals surface area contributed by atoms with Crippen molar-refractivity contribution >= 4 is 66.7 Å². The van der Waals surface area contributed by atoms with Crippen LogP contribution in [0, 0.1) is 78.2 Å². The lowest BCUT2D eigenvalue weighted by Crippen LogP contribution is -2.59. The molecule has 0 unspecified atom stereocenters. The molecule has 4 nitrogen and oxygen atoms in total. The summed E-state index contributed by atoms with van der Waals surface area (Å²) in [5.74, 6) is 14.4. The lowest BCUT2D eigenvalue weighted by molar-refractivity contribution is -0.146. The lowest BCUT2D eigenvalue weighted by Gasteiger charge is -2.59. The van der Waals surface area contributed by atoms with Gasteiger partial charge in [0.05, 0.1) is 7.14 Å². The van der Waals surface area contributed by atoms with Gasteiger partial charge < -0.3 is 18.9 Å². The summed E-state index contributed by atoms with van der Waals surface area (Å²) < 4.78 is 31.4. The van der Waals surface area contributed by atoms with E-state index in [1.165, 1.54) is 142 Å². The Labute approximate surface area is 418 Å². The van der Waals surface area contributed by atoms with Crippen LogP contribution < -0.4 is 18.9 Å². The lowest BCUT2D eigenvalue weighted by atomic mass is 9.50. The summed E-state index contributed by atoms with van der Waals surface area (Å²) in [5.41, 5.74) is 3.52. The van der Waals surface area contributed by atoms with E-state index in [2.05, 4.69) is 139 Å².